The molecule has 1 atom stereocenters. The van der Waals surface area contributed by atoms with Crippen LogP contribution in [0.2, 0.25) is 0 Å². The van der Waals surface area contributed by atoms with Gasteiger partial charge >= 0.3 is 5.97 Å². The minimum atomic E-state index is -0.0446. The summed E-state index contributed by atoms with van der Waals surface area (Å²) in [4.78, 5) is 13.5. The van der Waals surface area contributed by atoms with Gasteiger partial charge in [-0.15, -0.1) is 0 Å². The van der Waals surface area contributed by atoms with Crippen molar-refractivity contribution in [3.8, 4) is 0 Å². The van der Waals surface area contributed by atoms with Crippen LogP contribution in [0.25, 0.3) is 0 Å². The fourth-order valence-corrected chi connectivity index (χ4v) is 1.71. The molecular formula is C9H17NO2. The van der Waals surface area contributed by atoms with E-state index in [1.54, 1.807) is 0 Å². The fraction of sp³-hybridized carbons (Fsp3) is 0.889. The first-order valence-electron chi connectivity index (χ1n) is 4.70. The number of rotatable bonds is 3. The van der Waals surface area contributed by atoms with Gasteiger partial charge in [-0.25, -0.2) is 0 Å². The van der Waals surface area contributed by atoms with Crippen molar-refractivity contribution in [2.75, 3.05) is 19.7 Å². The van der Waals surface area contributed by atoms with Crippen molar-refractivity contribution in [2.45, 2.75) is 32.7 Å². The molecule has 12 heavy (non-hydrogen) atoms. The van der Waals surface area contributed by atoms with Gasteiger partial charge in [-0.3, -0.25) is 9.69 Å². The molecule has 1 rings (SSSR count). The second-order valence-corrected chi connectivity index (χ2v) is 3.04. The van der Waals surface area contributed by atoms with Crippen LogP contribution < -0.4 is 0 Å². The summed E-state index contributed by atoms with van der Waals surface area (Å²) in [6.45, 7) is 6.41. The monoisotopic (exact) mass is 171 g/mol. The van der Waals surface area contributed by atoms with Crippen molar-refractivity contribution < 1.29 is 9.53 Å². The number of likely N-dealkylation sites (tertiary alicyclic amines) is 1. The van der Waals surface area contributed by atoms with Crippen LogP contribution in [0.1, 0.15) is 26.7 Å². The summed E-state index contributed by atoms with van der Waals surface area (Å²) in [7, 11) is 0. The van der Waals surface area contributed by atoms with E-state index in [1.165, 1.54) is 0 Å². The SMILES string of the molecule is CCOC(=O)[C@H]1CCCN1CC. The maximum absolute atomic E-state index is 11.4. The lowest BCUT2D eigenvalue weighted by atomic mass is 10.2. The van der Waals surface area contributed by atoms with Gasteiger partial charge in [0.25, 0.3) is 0 Å². The average molecular weight is 171 g/mol. The Labute approximate surface area is 73.7 Å². The molecule has 1 aliphatic heterocycles. The van der Waals surface area contributed by atoms with Gasteiger partial charge in [0.2, 0.25) is 0 Å². The van der Waals surface area contributed by atoms with E-state index in [1.807, 2.05) is 6.92 Å². The summed E-state index contributed by atoms with van der Waals surface area (Å²) < 4.78 is 4.98. The lowest BCUT2D eigenvalue weighted by Gasteiger charge is -2.20. The van der Waals surface area contributed by atoms with E-state index in [2.05, 4.69) is 11.8 Å². The zero-order valence-electron chi connectivity index (χ0n) is 7.88. The molecule has 0 N–H and O–H groups in total. The number of nitrogens with zero attached hydrogens (tertiary/aromatic N) is 1. The number of ether oxygens (including phenoxy) is 1. The first-order chi connectivity index (χ1) is 5.79. The highest BCUT2D eigenvalue weighted by Crippen LogP contribution is 2.17. The van der Waals surface area contributed by atoms with Crippen molar-refractivity contribution in [1.82, 2.24) is 4.90 Å². The van der Waals surface area contributed by atoms with Crippen LogP contribution in [0.3, 0.4) is 0 Å². The van der Waals surface area contributed by atoms with Crippen LogP contribution in [0.5, 0.6) is 0 Å². The molecule has 1 heterocycles. The van der Waals surface area contributed by atoms with Gasteiger partial charge in [-0.05, 0) is 32.9 Å². The molecular weight excluding hydrogens is 154 g/mol. The van der Waals surface area contributed by atoms with E-state index in [9.17, 15) is 4.79 Å². The molecule has 70 valence electrons. The van der Waals surface area contributed by atoms with E-state index >= 15 is 0 Å². The molecule has 0 aromatic rings. The zero-order chi connectivity index (χ0) is 8.97. The smallest absolute Gasteiger partial charge is 0.323 e. The molecule has 1 fully saturated rings. The summed E-state index contributed by atoms with van der Waals surface area (Å²) in [6.07, 6.45) is 2.09. The van der Waals surface area contributed by atoms with E-state index in [-0.39, 0.29) is 12.0 Å². The fourth-order valence-electron chi connectivity index (χ4n) is 1.71. The molecule has 0 saturated carbocycles. The minimum absolute atomic E-state index is 0.0370. The predicted octanol–water partition coefficient (Wildman–Crippen LogP) is 1.03. The largest absolute Gasteiger partial charge is 0.465 e. The summed E-state index contributed by atoms with van der Waals surface area (Å²) in [6, 6.07) is 0.0370. The van der Waals surface area contributed by atoms with Gasteiger partial charge in [-0.2, -0.15) is 0 Å². The molecule has 3 nitrogen and oxygen atoms in total. The molecule has 0 aliphatic carbocycles. The van der Waals surface area contributed by atoms with Crippen LogP contribution >= 0.6 is 0 Å². The van der Waals surface area contributed by atoms with Crippen LogP contribution in [-0.4, -0.2) is 36.6 Å². The number of likely N-dealkylation sites (N-methyl/N-ethyl adjacent to an activating group) is 1. The molecule has 0 unspecified atom stereocenters. The zero-order valence-corrected chi connectivity index (χ0v) is 7.88. The van der Waals surface area contributed by atoms with Crippen molar-refractivity contribution in [3.63, 3.8) is 0 Å². The minimum Gasteiger partial charge on any atom is -0.465 e. The highest BCUT2D eigenvalue weighted by molar-refractivity contribution is 5.76. The van der Waals surface area contributed by atoms with Crippen LogP contribution in [0, 0.1) is 0 Å². The van der Waals surface area contributed by atoms with Crippen molar-refractivity contribution in [2.24, 2.45) is 0 Å². The molecule has 3 heteroatoms. The van der Waals surface area contributed by atoms with Crippen LogP contribution in [0.15, 0.2) is 0 Å². The molecule has 0 spiro atoms. The van der Waals surface area contributed by atoms with E-state index in [0.717, 1.165) is 25.9 Å². The van der Waals surface area contributed by atoms with E-state index < -0.39 is 0 Å². The Morgan fingerprint density at radius 2 is 2.33 bits per heavy atom. The topological polar surface area (TPSA) is 29.5 Å². The number of carbonyl (C=O) groups excluding carboxylic acids is 1. The Hall–Kier alpha value is -0.570. The predicted molar refractivity (Wildman–Crippen MR) is 46.9 cm³/mol. The Morgan fingerprint density at radius 1 is 1.58 bits per heavy atom. The number of esters is 1. The van der Waals surface area contributed by atoms with Gasteiger partial charge in [0.15, 0.2) is 0 Å². The van der Waals surface area contributed by atoms with Gasteiger partial charge in [0.1, 0.15) is 6.04 Å². The Balaban J connectivity index is 2.43. The molecule has 0 radical (unpaired) electrons. The number of carbonyl (C=O) groups is 1. The summed E-state index contributed by atoms with van der Waals surface area (Å²) in [5, 5.41) is 0. The third kappa shape index (κ3) is 1.97. The van der Waals surface area contributed by atoms with Gasteiger partial charge in [0.05, 0.1) is 6.61 Å². The normalized spacial score (nSPS) is 24.3. The summed E-state index contributed by atoms with van der Waals surface area (Å²) in [5.74, 6) is -0.0446. The second kappa shape index (κ2) is 4.45. The molecule has 0 amide bonds. The van der Waals surface area contributed by atoms with Gasteiger partial charge in [0, 0.05) is 0 Å². The summed E-state index contributed by atoms with van der Waals surface area (Å²) in [5.41, 5.74) is 0. The van der Waals surface area contributed by atoms with Crippen LogP contribution in [0.4, 0.5) is 0 Å². The number of hydrogen-bond acceptors (Lipinski definition) is 3. The lowest BCUT2D eigenvalue weighted by Crippen LogP contribution is -2.37. The van der Waals surface area contributed by atoms with Gasteiger partial charge in [-0.1, -0.05) is 6.92 Å². The summed E-state index contributed by atoms with van der Waals surface area (Å²) >= 11 is 0. The van der Waals surface area contributed by atoms with E-state index in [4.69, 9.17) is 4.74 Å². The number of hydrogen-bond donors (Lipinski definition) is 0. The van der Waals surface area contributed by atoms with Crippen molar-refractivity contribution >= 4 is 5.97 Å². The second-order valence-electron chi connectivity index (χ2n) is 3.04. The first kappa shape index (κ1) is 9.52. The molecule has 0 aromatic carbocycles. The Morgan fingerprint density at radius 3 is 2.92 bits per heavy atom. The molecule has 1 saturated heterocycles. The molecule has 1 aliphatic rings. The standard InChI is InChI=1S/C9H17NO2/c1-3-10-7-5-6-8(10)9(11)12-4-2/h8H,3-7H2,1-2H3/t8-/m1/s1. The maximum Gasteiger partial charge on any atom is 0.323 e. The lowest BCUT2D eigenvalue weighted by molar-refractivity contribution is -0.148. The van der Waals surface area contributed by atoms with Crippen molar-refractivity contribution in [3.05, 3.63) is 0 Å². The van der Waals surface area contributed by atoms with Crippen molar-refractivity contribution in [1.29, 1.82) is 0 Å². The highest BCUT2D eigenvalue weighted by atomic mass is 16.5. The quantitative estimate of drug-likeness (QED) is 0.594. The average Bonchev–Trinajstić information content (AvgIpc) is 2.51. The highest BCUT2D eigenvalue weighted by Gasteiger charge is 2.30. The maximum atomic E-state index is 11.4. The Kier molecular flexibility index (Phi) is 3.53. The van der Waals surface area contributed by atoms with E-state index in [0.29, 0.717) is 6.61 Å². The van der Waals surface area contributed by atoms with Gasteiger partial charge < -0.3 is 4.74 Å². The third-order valence-corrected chi connectivity index (χ3v) is 2.33. The molecule has 0 aromatic heterocycles. The Bertz CT molecular complexity index is 159. The van der Waals surface area contributed by atoms with Crippen LogP contribution in [-0.2, 0) is 9.53 Å². The molecule has 0 bridgehead atoms. The third-order valence-electron chi connectivity index (χ3n) is 2.33. The first-order valence-corrected chi connectivity index (χ1v) is 4.70.